The van der Waals surface area contributed by atoms with Crippen molar-refractivity contribution in [2.75, 3.05) is 37.4 Å². The molecule has 1 aliphatic heterocycles. The number of aryl methyl sites for hydroxylation is 1. The van der Waals surface area contributed by atoms with E-state index in [1.807, 2.05) is 0 Å². The van der Waals surface area contributed by atoms with Crippen molar-refractivity contribution in [1.29, 1.82) is 0 Å². The maximum absolute atomic E-state index is 12.7. The van der Waals surface area contributed by atoms with Crippen molar-refractivity contribution in [1.82, 2.24) is 15.5 Å². The highest BCUT2D eigenvalue weighted by Crippen LogP contribution is 2.19. The van der Waals surface area contributed by atoms with Crippen LogP contribution in [-0.4, -0.2) is 92.0 Å². The van der Waals surface area contributed by atoms with Crippen LogP contribution >= 0.6 is 0 Å². The van der Waals surface area contributed by atoms with Gasteiger partial charge >= 0.3 is 0 Å². The summed E-state index contributed by atoms with van der Waals surface area (Å²) in [7, 11) is -4.03. The fraction of sp³-hybridized carbons (Fsp3) is 0.517. The van der Waals surface area contributed by atoms with E-state index in [0.717, 1.165) is 16.0 Å². The van der Waals surface area contributed by atoms with Crippen molar-refractivity contribution in [3.05, 3.63) is 41.5 Å². The van der Waals surface area contributed by atoms with Gasteiger partial charge in [-0.25, -0.2) is 0 Å². The Hall–Kier alpha value is -4.15. The van der Waals surface area contributed by atoms with E-state index in [1.165, 1.54) is 19.1 Å². The number of carbonyl (C=O) groups is 6. The number of imide groups is 1. The van der Waals surface area contributed by atoms with Crippen LogP contribution in [0.1, 0.15) is 56.6 Å². The lowest BCUT2D eigenvalue weighted by Crippen LogP contribution is -2.45. The minimum Gasteiger partial charge on any atom is -0.463 e. The predicted octanol–water partition coefficient (Wildman–Crippen LogP) is 0.632. The molecule has 45 heavy (non-hydrogen) atoms. The summed E-state index contributed by atoms with van der Waals surface area (Å²) < 4.78 is 40.5. The van der Waals surface area contributed by atoms with Crippen LogP contribution in [0.25, 0.3) is 0 Å². The van der Waals surface area contributed by atoms with Gasteiger partial charge in [-0.1, -0.05) is 12.5 Å². The molecule has 5 amide bonds. The summed E-state index contributed by atoms with van der Waals surface area (Å²) >= 11 is 0. The summed E-state index contributed by atoms with van der Waals surface area (Å²) in [5, 5.41) is 7.74. The van der Waals surface area contributed by atoms with Crippen LogP contribution in [0.2, 0.25) is 0 Å². The van der Waals surface area contributed by atoms with Gasteiger partial charge in [-0.05, 0) is 62.3 Å². The number of amides is 5. The van der Waals surface area contributed by atoms with Crippen LogP contribution in [0.5, 0.6) is 0 Å². The van der Waals surface area contributed by atoms with Crippen molar-refractivity contribution < 1.29 is 51.2 Å². The zero-order chi connectivity index (χ0) is 33.2. The molecule has 4 N–H and O–H groups in total. The van der Waals surface area contributed by atoms with Crippen LogP contribution in [0, 0.1) is 0 Å². The number of ether oxygens (including phenoxy) is 2. The van der Waals surface area contributed by atoms with Gasteiger partial charge in [-0.15, -0.1) is 0 Å². The number of rotatable bonds is 22. The first-order chi connectivity index (χ1) is 21.4. The van der Waals surface area contributed by atoms with Crippen LogP contribution in [0.15, 0.2) is 30.4 Å². The normalized spacial score (nSPS) is 13.4. The molecule has 0 bridgehead atoms. The third kappa shape index (κ3) is 14.9. The van der Waals surface area contributed by atoms with Crippen LogP contribution in [0.4, 0.5) is 5.69 Å². The van der Waals surface area contributed by atoms with Crippen molar-refractivity contribution in [2.45, 2.75) is 64.5 Å². The molecule has 16 heteroatoms. The largest absolute Gasteiger partial charge is 0.463 e. The highest BCUT2D eigenvalue weighted by atomic mass is 32.2. The van der Waals surface area contributed by atoms with Gasteiger partial charge in [-0.3, -0.25) is 38.2 Å². The number of nitrogens with one attached hydrogen (secondary N) is 3. The smallest absolute Gasteiger partial charge is 0.293 e. The lowest BCUT2D eigenvalue weighted by molar-refractivity contribution is -0.137. The lowest BCUT2D eigenvalue weighted by Gasteiger charge is -2.16. The Balaban J connectivity index is 1.72. The van der Waals surface area contributed by atoms with Crippen LogP contribution in [-0.2, 0) is 61.4 Å². The van der Waals surface area contributed by atoms with Gasteiger partial charge in [0, 0.05) is 44.0 Å². The molecule has 1 aromatic rings. The van der Waals surface area contributed by atoms with E-state index < -0.39 is 28.0 Å². The van der Waals surface area contributed by atoms with Crippen molar-refractivity contribution in [3.63, 3.8) is 0 Å². The average molecular weight is 653 g/mol. The Morgan fingerprint density at radius 1 is 0.978 bits per heavy atom. The number of nitrogens with zero attached hydrogens (tertiary/aromatic N) is 1. The maximum Gasteiger partial charge on any atom is 0.293 e. The van der Waals surface area contributed by atoms with Gasteiger partial charge in [0.25, 0.3) is 28.4 Å². The molecule has 0 saturated heterocycles. The standard InChI is InChI=1S/C29H40N4O11S/c1-21(31-26(36)18-30-25(35)8-3-2-4-13-33-27(37)11-12-28(33)38)29(39)32-24-10-9-23(19-44-20-34)22(17-24)7-5-14-43-15-6-16-45(40,41)42/h9-12,17,20-21H,2-8,13-16,18-19H2,1H3,(H,30,35)(H,31,36)(H,32,39)(H,40,41,42). The second kappa shape index (κ2) is 19.3. The maximum atomic E-state index is 12.7. The third-order valence-corrected chi connectivity index (χ3v) is 7.41. The van der Waals surface area contributed by atoms with E-state index in [0.29, 0.717) is 50.9 Å². The molecular formula is C29H40N4O11S. The lowest BCUT2D eigenvalue weighted by atomic mass is 10.0. The number of benzene rings is 1. The molecule has 2 rings (SSSR count). The van der Waals surface area contributed by atoms with Crippen LogP contribution < -0.4 is 16.0 Å². The van der Waals surface area contributed by atoms with Gasteiger partial charge in [-0.2, -0.15) is 8.42 Å². The molecule has 248 valence electrons. The summed E-state index contributed by atoms with van der Waals surface area (Å²) in [5.74, 6) is -2.46. The molecule has 15 nitrogen and oxygen atoms in total. The Kier molecular flexibility index (Phi) is 15.9. The van der Waals surface area contributed by atoms with Crippen molar-refractivity contribution >= 4 is 51.8 Å². The number of carbonyl (C=O) groups excluding carboxylic acids is 6. The van der Waals surface area contributed by atoms with E-state index in [1.54, 1.807) is 18.2 Å². The van der Waals surface area contributed by atoms with E-state index >= 15 is 0 Å². The SMILES string of the molecule is CC(NC(=O)CNC(=O)CCCCCN1C(=O)C=CC1=O)C(=O)Nc1ccc(COC=O)c(CCCOCCCS(=O)(=O)O)c1. The van der Waals surface area contributed by atoms with Gasteiger partial charge in [0.15, 0.2) is 0 Å². The fourth-order valence-corrected chi connectivity index (χ4v) is 4.75. The highest BCUT2D eigenvalue weighted by Gasteiger charge is 2.22. The topological polar surface area (TPSA) is 215 Å². The first-order valence-electron chi connectivity index (χ1n) is 14.5. The first kappa shape index (κ1) is 37.0. The molecule has 0 radical (unpaired) electrons. The quantitative estimate of drug-likeness (QED) is 0.0590. The average Bonchev–Trinajstić information content (AvgIpc) is 3.30. The van der Waals surface area contributed by atoms with Gasteiger partial charge in [0.05, 0.1) is 12.3 Å². The molecule has 0 saturated carbocycles. The van der Waals surface area contributed by atoms with Gasteiger partial charge in [0.2, 0.25) is 17.7 Å². The summed E-state index contributed by atoms with van der Waals surface area (Å²) in [6.45, 7) is 2.30. The fourth-order valence-electron chi connectivity index (χ4n) is 4.27. The molecule has 0 spiro atoms. The monoisotopic (exact) mass is 652 g/mol. The second-order valence-corrected chi connectivity index (χ2v) is 11.8. The molecule has 0 fully saturated rings. The molecule has 1 heterocycles. The Labute approximate surface area is 261 Å². The predicted molar refractivity (Wildman–Crippen MR) is 161 cm³/mol. The minimum atomic E-state index is -4.03. The van der Waals surface area contributed by atoms with E-state index in [2.05, 4.69) is 16.0 Å². The molecular weight excluding hydrogens is 612 g/mol. The van der Waals surface area contributed by atoms with E-state index in [4.69, 9.17) is 14.0 Å². The third-order valence-electron chi connectivity index (χ3n) is 6.61. The van der Waals surface area contributed by atoms with Gasteiger partial charge < -0.3 is 25.4 Å². The summed E-state index contributed by atoms with van der Waals surface area (Å²) in [5.41, 5.74) is 1.95. The number of hydrogen-bond acceptors (Lipinski definition) is 10. The summed E-state index contributed by atoms with van der Waals surface area (Å²) in [6.07, 6.45) is 5.52. The minimum absolute atomic E-state index is 0.0266. The first-order valence-corrected chi connectivity index (χ1v) is 16.1. The zero-order valence-corrected chi connectivity index (χ0v) is 25.9. The molecule has 0 aliphatic carbocycles. The number of anilines is 1. The van der Waals surface area contributed by atoms with Crippen molar-refractivity contribution in [2.24, 2.45) is 0 Å². The highest BCUT2D eigenvalue weighted by molar-refractivity contribution is 7.85. The number of unbranched alkanes of at least 4 members (excludes halogenated alkanes) is 2. The molecule has 1 aliphatic rings. The molecule has 1 aromatic carbocycles. The Morgan fingerprint density at radius 3 is 2.38 bits per heavy atom. The van der Waals surface area contributed by atoms with Crippen LogP contribution in [0.3, 0.4) is 0 Å². The van der Waals surface area contributed by atoms with E-state index in [-0.39, 0.29) is 62.6 Å². The zero-order valence-electron chi connectivity index (χ0n) is 25.1. The summed E-state index contributed by atoms with van der Waals surface area (Å²) in [4.78, 5) is 71.9. The van der Waals surface area contributed by atoms with E-state index in [9.17, 15) is 37.2 Å². The molecule has 1 unspecified atom stereocenters. The molecule has 1 atom stereocenters. The number of hydrogen-bond donors (Lipinski definition) is 4. The molecule has 0 aromatic heterocycles. The summed E-state index contributed by atoms with van der Waals surface area (Å²) in [6, 6.07) is 4.12. The Bertz CT molecular complexity index is 1330. The van der Waals surface area contributed by atoms with Crippen molar-refractivity contribution in [3.8, 4) is 0 Å². The Morgan fingerprint density at radius 2 is 1.69 bits per heavy atom. The van der Waals surface area contributed by atoms with Gasteiger partial charge in [0.1, 0.15) is 12.6 Å². The second-order valence-electron chi connectivity index (χ2n) is 10.3.